The summed E-state index contributed by atoms with van der Waals surface area (Å²) in [5.74, 6) is 0.667. The van der Waals surface area contributed by atoms with Gasteiger partial charge in [-0.2, -0.15) is 20.2 Å². The van der Waals surface area contributed by atoms with Gasteiger partial charge in [-0.25, -0.2) is 28.6 Å². The number of carbonyl (C=O) groups excluding carboxylic acids is 3. The van der Waals surface area contributed by atoms with Crippen molar-refractivity contribution in [3.8, 4) is 45.5 Å². The lowest BCUT2D eigenvalue weighted by Crippen LogP contribution is -2.23. The summed E-state index contributed by atoms with van der Waals surface area (Å²) in [4.78, 5) is 67.0. The zero-order chi connectivity index (χ0) is 56.5. The van der Waals surface area contributed by atoms with Crippen LogP contribution in [0.5, 0.6) is 23.3 Å². The Hall–Kier alpha value is -10.9. The van der Waals surface area contributed by atoms with Crippen molar-refractivity contribution in [2.75, 3.05) is 49.7 Å². The van der Waals surface area contributed by atoms with Gasteiger partial charge >= 0.3 is 11.9 Å². The monoisotopic (exact) mass is 1080 g/mol. The molecular weight excluding hydrogens is 1020 g/mol. The zero-order valence-electron chi connectivity index (χ0n) is 44.2. The van der Waals surface area contributed by atoms with Crippen LogP contribution in [0, 0.1) is 0 Å². The van der Waals surface area contributed by atoms with E-state index in [9.17, 15) is 19.2 Å². The van der Waals surface area contributed by atoms with Crippen LogP contribution in [0.15, 0.2) is 159 Å². The number of amides is 2. The van der Waals surface area contributed by atoms with E-state index in [0.717, 1.165) is 22.3 Å². The number of aromatic carboxylic acids is 1. The average molecular weight is 1080 g/mol. The Kier molecular flexibility index (Phi) is 15.9. The maximum atomic E-state index is 13.1. The number of pyridine rings is 4. The van der Waals surface area contributed by atoms with Crippen molar-refractivity contribution in [3.05, 3.63) is 181 Å². The first-order valence-corrected chi connectivity index (χ1v) is 24.5. The molecule has 0 saturated heterocycles. The van der Waals surface area contributed by atoms with E-state index in [1.54, 1.807) is 114 Å². The van der Waals surface area contributed by atoms with E-state index in [1.807, 2.05) is 63.5 Å². The van der Waals surface area contributed by atoms with Crippen LogP contribution in [0.25, 0.3) is 33.5 Å². The third-order valence-electron chi connectivity index (χ3n) is 11.8. The first kappa shape index (κ1) is 53.9. The van der Waals surface area contributed by atoms with Gasteiger partial charge in [0.2, 0.25) is 0 Å². The molecule has 0 aliphatic carbocycles. The van der Waals surface area contributed by atoms with E-state index in [2.05, 4.69) is 51.4 Å². The molecule has 0 saturated carbocycles. The highest BCUT2D eigenvalue weighted by Crippen LogP contribution is 2.33. The third-order valence-corrected chi connectivity index (χ3v) is 11.8. The Morgan fingerprint density at radius 2 is 0.938 bits per heavy atom. The van der Waals surface area contributed by atoms with Crippen molar-refractivity contribution in [1.82, 2.24) is 39.2 Å². The number of nitrogens with zero attached hydrogens (tertiary/aromatic N) is 8. The van der Waals surface area contributed by atoms with Crippen LogP contribution >= 0.6 is 0 Å². The third kappa shape index (κ3) is 12.7. The van der Waals surface area contributed by atoms with Crippen LogP contribution in [0.1, 0.15) is 62.2 Å². The Labute approximate surface area is 457 Å². The van der Waals surface area contributed by atoms with Crippen molar-refractivity contribution in [3.63, 3.8) is 0 Å². The van der Waals surface area contributed by atoms with Crippen molar-refractivity contribution >= 4 is 69.4 Å². The van der Waals surface area contributed by atoms with Gasteiger partial charge < -0.3 is 50.1 Å². The van der Waals surface area contributed by atoms with E-state index in [1.165, 1.54) is 39.0 Å². The van der Waals surface area contributed by atoms with Gasteiger partial charge in [0.15, 0.2) is 22.8 Å². The van der Waals surface area contributed by atoms with Crippen LogP contribution in [0.2, 0.25) is 0 Å². The number of ether oxygens (including phenoxy) is 5. The van der Waals surface area contributed by atoms with Crippen molar-refractivity contribution in [1.29, 1.82) is 0 Å². The van der Waals surface area contributed by atoms with Crippen molar-refractivity contribution in [2.24, 2.45) is 0 Å². The molecule has 6 aromatic heterocycles. The normalized spacial score (nSPS) is 10.9. The molecule has 5 N–H and O–H groups in total. The Bertz CT molecular complexity index is 3910. The highest BCUT2D eigenvalue weighted by atomic mass is 16.6. The first-order valence-electron chi connectivity index (χ1n) is 24.5. The molecule has 6 heterocycles. The predicted molar refractivity (Wildman–Crippen MR) is 299 cm³/mol. The van der Waals surface area contributed by atoms with E-state index in [-0.39, 0.29) is 17.4 Å². The molecule has 22 heteroatoms. The van der Waals surface area contributed by atoms with Crippen LogP contribution < -0.4 is 40.2 Å². The number of benzene rings is 4. The highest BCUT2D eigenvalue weighted by molar-refractivity contribution is 6.06. The highest BCUT2D eigenvalue weighted by Gasteiger charge is 2.20. The van der Waals surface area contributed by atoms with E-state index < -0.39 is 17.5 Å². The molecule has 0 aliphatic rings. The summed E-state index contributed by atoms with van der Waals surface area (Å²) < 4.78 is 29.8. The fourth-order valence-corrected chi connectivity index (χ4v) is 8.04. The number of fused-ring (bicyclic) bond motifs is 2. The lowest BCUT2D eigenvalue weighted by Gasteiger charge is -2.19. The minimum atomic E-state index is -1.03. The summed E-state index contributed by atoms with van der Waals surface area (Å²) in [6.07, 6.45) is 6.56. The molecule has 80 heavy (non-hydrogen) atoms. The number of methoxy groups -OCH3 is 4. The van der Waals surface area contributed by atoms with E-state index in [0.29, 0.717) is 85.6 Å². The number of rotatable bonds is 16. The number of esters is 1. The molecular formula is C58H52N12O10. The molecule has 10 aromatic rings. The van der Waals surface area contributed by atoms with Crippen LogP contribution in [0.4, 0.5) is 34.4 Å². The van der Waals surface area contributed by atoms with E-state index in [4.69, 9.17) is 28.8 Å². The molecule has 0 atom stereocenters. The fraction of sp³-hybridized carbons (Fsp3) is 0.138. The molecule has 0 fully saturated rings. The lowest BCUT2D eigenvalue weighted by atomic mass is 10.0. The van der Waals surface area contributed by atoms with Crippen LogP contribution in [-0.4, -0.2) is 102 Å². The van der Waals surface area contributed by atoms with Gasteiger partial charge in [-0.15, -0.1) is 0 Å². The SMILES string of the molecule is COc1ccc(Nc2cc(-c3cccc(C(=O)Nc4ccc(C(=O)O)cc4)c3)cn3ncnc23)nc1OC.COc1ccc(Nc2cc(-c3cccc(C(=O)Nc4ccc(C(=O)OC(C)(C)C)cc4)c3)cn3ncnc23)nc1OC. The maximum absolute atomic E-state index is 13.1. The van der Waals surface area contributed by atoms with Gasteiger partial charge in [-0.05, 0) is 141 Å². The number of anilines is 6. The lowest BCUT2D eigenvalue weighted by molar-refractivity contribution is 0.00690. The van der Waals surface area contributed by atoms with E-state index >= 15 is 0 Å². The van der Waals surface area contributed by atoms with Crippen LogP contribution in [-0.2, 0) is 4.74 Å². The number of aromatic nitrogens is 8. The second-order valence-corrected chi connectivity index (χ2v) is 18.4. The Morgan fingerprint density at radius 1 is 0.500 bits per heavy atom. The molecule has 404 valence electrons. The number of carboxylic acids is 1. The molecule has 10 rings (SSSR count). The second kappa shape index (κ2) is 23.6. The summed E-state index contributed by atoms with van der Waals surface area (Å²) in [5, 5.41) is 29.9. The summed E-state index contributed by atoms with van der Waals surface area (Å²) >= 11 is 0. The summed E-state index contributed by atoms with van der Waals surface area (Å²) in [7, 11) is 6.13. The largest absolute Gasteiger partial charge is 0.491 e. The van der Waals surface area contributed by atoms with Gasteiger partial charge in [0.1, 0.15) is 29.9 Å². The van der Waals surface area contributed by atoms with Crippen LogP contribution in [0.3, 0.4) is 0 Å². The van der Waals surface area contributed by atoms with Gasteiger partial charge in [-0.3, -0.25) is 9.59 Å². The van der Waals surface area contributed by atoms with Gasteiger partial charge in [-0.1, -0.05) is 24.3 Å². The molecule has 4 aromatic carbocycles. The predicted octanol–water partition coefficient (Wildman–Crippen LogP) is 10.3. The molecule has 0 aliphatic heterocycles. The number of hydrogen-bond donors (Lipinski definition) is 5. The fourth-order valence-electron chi connectivity index (χ4n) is 8.04. The average Bonchev–Trinajstić information content (AvgIpc) is 4.19. The molecule has 0 unspecified atom stereocenters. The smallest absolute Gasteiger partial charge is 0.338 e. The van der Waals surface area contributed by atoms with Gasteiger partial charge in [0.25, 0.3) is 23.6 Å². The number of carbonyl (C=O) groups is 4. The second-order valence-electron chi connectivity index (χ2n) is 18.4. The Balaban J connectivity index is 0.000000195. The maximum Gasteiger partial charge on any atom is 0.338 e. The number of carboxylic acid groups (broad SMARTS) is 1. The molecule has 2 amide bonds. The minimum absolute atomic E-state index is 0.140. The summed E-state index contributed by atoms with van der Waals surface area (Å²) in [6.45, 7) is 5.43. The Morgan fingerprint density at radius 3 is 1.34 bits per heavy atom. The molecule has 0 radical (unpaired) electrons. The summed E-state index contributed by atoms with van der Waals surface area (Å²) in [5.41, 5.74) is 7.52. The number of hydrogen-bond acceptors (Lipinski definition) is 17. The minimum Gasteiger partial charge on any atom is -0.491 e. The zero-order valence-corrected chi connectivity index (χ0v) is 44.2. The molecule has 0 spiro atoms. The quantitative estimate of drug-likeness (QED) is 0.0563. The van der Waals surface area contributed by atoms with Gasteiger partial charge in [0, 0.05) is 46.0 Å². The summed E-state index contributed by atoms with van der Waals surface area (Å²) in [6, 6.07) is 37.7. The first-order chi connectivity index (χ1) is 38.6. The topological polar surface area (TPSA) is 269 Å². The molecule has 22 nitrogen and oxygen atoms in total. The standard InChI is InChI=1S/C31H30N6O5.C27H22N6O5/c1-31(2,3)42-30(39)19-9-11-23(12-10-19)34-28(38)21-8-6-7-20(15-21)22-16-24(27-32-18-33-37(27)17-22)35-26-14-13-25(40-4)29(36-26)41-5;1-37-22-10-11-23(32-26(22)38-2)31-21-13-19(14-33-24(21)28-15-29-33)17-4-3-5-18(12-17)25(34)30-20-8-6-16(7-9-20)27(35)36/h6-18H,1-5H3,(H,34,38)(H,35,36);3-15H,1-2H3,(H,30,34)(H,31,32)(H,35,36). The van der Waals surface area contributed by atoms with Crippen molar-refractivity contribution < 1.29 is 48.0 Å². The number of nitrogens with one attached hydrogen (secondary N) is 4. The molecule has 0 bridgehead atoms. The van der Waals surface area contributed by atoms with Crippen molar-refractivity contribution in [2.45, 2.75) is 26.4 Å². The van der Waals surface area contributed by atoms with Gasteiger partial charge in [0.05, 0.1) is 50.9 Å².